The molecule has 4 nitrogen and oxygen atoms in total. The predicted octanol–water partition coefficient (Wildman–Crippen LogP) is 2.70. The zero-order chi connectivity index (χ0) is 14.0. The molecule has 0 bridgehead atoms. The highest BCUT2D eigenvalue weighted by Crippen LogP contribution is 2.43. The first-order valence-electron chi connectivity index (χ1n) is 6.60. The van der Waals surface area contributed by atoms with E-state index in [4.69, 9.17) is 9.47 Å². The summed E-state index contributed by atoms with van der Waals surface area (Å²) in [5.74, 6) is -0.711. The van der Waals surface area contributed by atoms with Crippen molar-refractivity contribution in [1.82, 2.24) is 0 Å². The van der Waals surface area contributed by atoms with E-state index < -0.39 is 17.5 Å². The van der Waals surface area contributed by atoms with Crippen LogP contribution in [0.5, 0.6) is 0 Å². The third-order valence-electron chi connectivity index (χ3n) is 3.99. The van der Waals surface area contributed by atoms with Gasteiger partial charge in [0.1, 0.15) is 0 Å². The predicted molar refractivity (Wildman–Crippen MR) is 67.9 cm³/mol. The second-order valence-corrected chi connectivity index (χ2v) is 6.18. The van der Waals surface area contributed by atoms with Crippen molar-refractivity contribution < 1.29 is 19.1 Å². The first-order valence-corrected chi connectivity index (χ1v) is 6.60. The summed E-state index contributed by atoms with van der Waals surface area (Å²) < 4.78 is 10.2. The van der Waals surface area contributed by atoms with Crippen LogP contribution in [-0.4, -0.2) is 24.6 Å². The molecule has 0 aromatic heterocycles. The van der Waals surface area contributed by atoms with Crippen LogP contribution in [0.15, 0.2) is 0 Å². The molecular weight excluding hydrogens is 232 g/mol. The van der Waals surface area contributed by atoms with Gasteiger partial charge in [-0.05, 0) is 18.8 Å². The molecule has 0 aliphatic carbocycles. The number of carbonyl (C=O) groups excluding carboxylic acids is 2. The molecule has 2 unspecified atom stereocenters. The van der Waals surface area contributed by atoms with Crippen LogP contribution in [0.1, 0.15) is 53.9 Å². The van der Waals surface area contributed by atoms with Crippen molar-refractivity contribution in [1.29, 1.82) is 0 Å². The number of esters is 2. The van der Waals surface area contributed by atoms with Gasteiger partial charge in [0.15, 0.2) is 0 Å². The van der Waals surface area contributed by atoms with E-state index >= 15 is 0 Å². The summed E-state index contributed by atoms with van der Waals surface area (Å²) in [4.78, 5) is 23.7. The molecule has 0 N–H and O–H groups in total. The van der Waals surface area contributed by atoms with Gasteiger partial charge < -0.3 is 9.47 Å². The van der Waals surface area contributed by atoms with Gasteiger partial charge in [-0.15, -0.1) is 0 Å². The summed E-state index contributed by atoms with van der Waals surface area (Å²) in [5.41, 5.74) is -0.785. The quantitative estimate of drug-likeness (QED) is 0.726. The zero-order valence-electron chi connectivity index (χ0n) is 12.0. The normalized spacial score (nSPS) is 23.4. The largest absolute Gasteiger partial charge is 0.463 e. The summed E-state index contributed by atoms with van der Waals surface area (Å²) in [6, 6.07) is 0. The Morgan fingerprint density at radius 1 is 1.39 bits per heavy atom. The lowest BCUT2D eigenvalue weighted by Gasteiger charge is -2.39. The average Bonchev–Trinajstić information content (AvgIpc) is 2.63. The lowest BCUT2D eigenvalue weighted by molar-refractivity contribution is -0.173. The molecule has 0 radical (unpaired) electrons. The first kappa shape index (κ1) is 15.0. The Morgan fingerprint density at radius 3 is 2.39 bits per heavy atom. The first-order chi connectivity index (χ1) is 8.22. The van der Waals surface area contributed by atoms with Crippen molar-refractivity contribution in [3.8, 4) is 0 Å². The molecule has 1 rings (SSSR count). The Labute approximate surface area is 109 Å². The summed E-state index contributed by atoms with van der Waals surface area (Å²) in [6.45, 7) is 10.4. The Bertz CT molecular complexity index is 329. The number of ether oxygens (including phenoxy) is 2. The van der Waals surface area contributed by atoms with E-state index in [1.807, 2.05) is 34.6 Å². The monoisotopic (exact) mass is 256 g/mol. The molecule has 2 atom stereocenters. The van der Waals surface area contributed by atoms with Crippen molar-refractivity contribution in [2.24, 2.45) is 10.8 Å². The maximum absolute atomic E-state index is 12.4. The van der Waals surface area contributed by atoms with Gasteiger partial charge in [-0.3, -0.25) is 4.79 Å². The van der Waals surface area contributed by atoms with Gasteiger partial charge >= 0.3 is 11.9 Å². The van der Waals surface area contributed by atoms with Crippen molar-refractivity contribution >= 4 is 11.9 Å². The summed E-state index contributed by atoms with van der Waals surface area (Å²) >= 11 is 0. The third kappa shape index (κ3) is 2.85. The molecule has 0 saturated carbocycles. The minimum atomic E-state index is -0.712. The summed E-state index contributed by atoms with van der Waals surface area (Å²) in [6.07, 6.45) is 1.41. The third-order valence-corrected chi connectivity index (χ3v) is 3.99. The summed E-state index contributed by atoms with van der Waals surface area (Å²) in [5, 5.41) is 0. The Kier molecular flexibility index (Phi) is 4.41. The van der Waals surface area contributed by atoms with Crippen molar-refractivity contribution in [3.05, 3.63) is 0 Å². The van der Waals surface area contributed by atoms with E-state index in [2.05, 4.69) is 0 Å². The summed E-state index contributed by atoms with van der Waals surface area (Å²) in [7, 11) is 0. The van der Waals surface area contributed by atoms with E-state index in [1.54, 1.807) is 0 Å². The van der Waals surface area contributed by atoms with Crippen LogP contribution in [0.25, 0.3) is 0 Å². The molecule has 4 heteroatoms. The van der Waals surface area contributed by atoms with Gasteiger partial charge in [-0.25, -0.2) is 4.79 Å². The average molecular weight is 256 g/mol. The molecule has 1 heterocycles. The maximum atomic E-state index is 12.4. The molecule has 1 aliphatic rings. The molecule has 1 fully saturated rings. The number of cyclic esters (lactones) is 1. The highest BCUT2D eigenvalue weighted by molar-refractivity contribution is 5.83. The minimum Gasteiger partial charge on any atom is -0.463 e. The fourth-order valence-corrected chi connectivity index (χ4v) is 2.13. The van der Waals surface area contributed by atoms with E-state index in [0.29, 0.717) is 13.0 Å². The zero-order valence-corrected chi connectivity index (χ0v) is 12.0. The van der Waals surface area contributed by atoms with Gasteiger partial charge in [0, 0.05) is 6.42 Å². The molecule has 0 aromatic rings. The lowest BCUT2D eigenvalue weighted by Crippen LogP contribution is -2.43. The lowest BCUT2D eigenvalue weighted by atomic mass is 9.65. The van der Waals surface area contributed by atoms with Gasteiger partial charge in [-0.1, -0.05) is 34.1 Å². The molecule has 0 spiro atoms. The van der Waals surface area contributed by atoms with E-state index in [9.17, 15) is 9.59 Å². The molecule has 0 aromatic carbocycles. The fourth-order valence-electron chi connectivity index (χ4n) is 2.13. The number of hydrogen-bond acceptors (Lipinski definition) is 4. The molecule has 1 aliphatic heterocycles. The molecule has 104 valence electrons. The molecule has 1 saturated heterocycles. The van der Waals surface area contributed by atoms with Crippen LogP contribution >= 0.6 is 0 Å². The Balaban J connectivity index is 2.80. The SMILES string of the molecule is CCCC(C)(C(=O)OC1CCOC1=O)C(C)(C)C. The van der Waals surface area contributed by atoms with Crippen molar-refractivity contribution in [2.45, 2.75) is 60.0 Å². The van der Waals surface area contributed by atoms with Gasteiger partial charge in [-0.2, -0.15) is 0 Å². The van der Waals surface area contributed by atoms with E-state index in [1.165, 1.54) is 0 Å². The Hall–Kier alpha value is -1.06. The highest BCUT2D eigenvalue weighted by atomic mass is 16.6. The van der Waals surface area contributed by atoms with Crippen molar-refractivity contribution in [2.75, 3.05) is 6.61 Å². The van der Waals surface area contributed by atoms with Gasteiger partial charge in [0.25, 0.3) is 0 Å². The van der Waals surface area contributed by atoms with Gasteiger partial charge in [0.2, 0.25) is 6.10 Å². The minimum absolute atomic E-state index is 0.206. The standard InChI is InChI=1S/C14H24O4/c1-6-8-14(5,13(2,3)4)12(16)18-10-7-9-17-11(10)15/h10H,6-9H2,1-5H3. The maximum Gasteiger partial charge on any atom is 0.347 e. The Morgan fingerprint density at radius 2 is 2.00 bits per heavy atom. The van der Waals surface area contributed by atoms with Crippen LogP contribution in [0.4, 0.5) is 0 Å². The second-order valence-electron chi connectivity index (χ2n) is 6.18. The van der Waals surface area contributed by atoms with Crippen LogP contribution in [-0.2, 0) is 19.1 Å². The molecular formula is C14H24O4. The van der Waals surface area contributed by atoms with Crippen LogP contribution in [0, 0.1) is 10.8 Å². The van der Waals surface area contributed by atoms with Crippen LogP contribution < -0.4 is 0 Å². The smallest absolute Gasteiger partial charge is 0.347 e. The van der Waals surface area contributed by atoms with E-state index in [0.717, 1.165) is 12.8 Å². The van der Waals surface area contributed by atoms with Crippen LogP contribution in [0.2, 0.25) is 0 Å². The number of hydrogen-bond donors (Lipinski definition) is 0. The number of carbonyl (C=O) groups is 2. The highest BCUT2D eigenvalue weighted by Gasteiger charge is 2.46. The van der Waals surface area contributed by atoms with E-state index in [-0.39, 0.29) is 11.4 Å². The van der Waals surface area contributed by atoms with Crippen LogP contribution in [0.3, 0.4) is 0 Å². The van der Waals surface area contributed by atoms with Gasteiger partial charge in [0.05, 0.1) is 12.0 Å². The van der Waals surface area contributed by atoms with Crippen molar-refractivity contribution in [3.63, 3.8) is 0 Å². The topological polar surface area (TPSA) is 52.6 Å². The fraction of sp³-hybridized carbons (Fsp3) is 0.857. The molecule has 0 amide bonds. The number of rotatable bonds is 4. The molecule has 18 heavy (non-hydrogen) atoms. The second kappa shape index (κ2) is 5.29.